The van der Waals surface area contributed by atoms with E-state index in [1.807, 2.05) is 24.3 Å². The van der Waals surface area contributed by atoms with E-state index in [9.17, 15) is 26.4 Å². The van der Waals surface area contributed by atoms with E-state index in [2.05, 4.69) is 5.32 Å². The van der Waals surface area contributed by atoms with Gasteiger partial charge in [0.25, 0.3) is 9.84 Å². The van der Waals surface area contributed by atoms with Crippen molar-refractivity contribution in [3.05, 3.63) is 59.7 Å². The molecule has 1 heterocycles. The molecule has 9 heteroatoms. The number of amides is 1. The van der Waals surface area contributed by atoms with Gasteiger partial charge in [0.05, 0.1) is 10.6 Å². The molecule has 0 aliphatic carbocycles. The third kappa shape index (κ3) is 4.14. The highest BCUT2D eigenvalue weighted by atomic mass is 32.2. The van der Waals surface area contributed by atoms with Crippen molar-refractivity contribution in [1.29, 1.82) is 0 Å². The normalized spacial score (nSPS) is 14.0. The Bertz CT molecular complexity index is 949. The summed E-state index contributed by atoms with van der Waals surface area (Å²) in [7, 11) is -5.44. The first-order valence-electron chi connectivity index (χ1n) is 8.69. The van der Waals surface area contributed by atoms with Gasteiger partial charge in [-0.05, 0) is 29.7 Å². The van der Waals surface area contributed by atoms with Gasteiger partial charge >= 0.3 is 5.51 Å². The van der Waals surface area contributed by atoms with Crippen molar-refractivity contribution in [2.75, 3.05) is 11.9 Å². The molecule has 0 fully saturated rings. The lowest BCUT2D eigenvalue weighted by Crippen LogP contribution is -2.26. The number of rotatable bonds is 6. The van der Waals surface area contributed by atoms with E-state index < -0.39 is 20.2 Å². The van der Waals surface area contributed by atoms with Crippen LogP contribution in [-0.2, 0) is 27.7 Å². The minimum atomic E-state index is -5.44. The summed E-state index contributed by atoms with van der Waals surface area (Å²) in [5.74, 6) is -0.0470. The van der Waals surface area contributed by atoms with Gasteiger partial charge < -0.3 is 10.2 Å². The third-order valence-electron chi connectivity index (χ3n) is 4.56. The lowest BCUT2D eigenvalue weighted by Gasteiger charge is -2.16. The van der Waals surface area contributed by atoms with Gasteiger partial charge in [0.1, 0.15) is 0 Å². The van der Waals surface area contributed by atoms with E-state index in [4.69, 9.17) is 0 Å². The fourth-order valence-electron chi connectivity index (χ4n) is 3.10. The van der Waals surface area contributed by atoms with E-state index in [1.54, 1.807) is 4.90 Å². The van der Waals surface area contributed by atoms with Crippen molar-refractivity contribution in [1.82, 2.24) is 4.90 Å². The number of fused-ring (bicyclic) bond motifs is 1. The number of sulfone groups is 1. The SMILES string of the molecule is O=C(CCCNc1ccccc1S(=O)(=O)C(F)(F)F)N1Cc2ccccc2C1. The van der Waals surface area contributed by atoms with Gasteiger partial charge in [-0.25, -0.2) is 8.42 Å². The summed E-state index contributed by atoms with van der Waals surface area (Å²) in [6, 6.07) is 12.7. The van der Waals surface area contributed by atoms with Gasteiger partial charge in [0.15, 0.2) is 0 Å². The number of nitrogens with zero attached hydrogens (tertiary/aromatic N) is 1. The molecule has 0 bridgehead atoms. The number of alkyl halides is 3. The summed E-state index contributed by atoms with van der Waals surface area (Å²) in [5, 5.41) is 2.70. The zero-order valence-electron chi connectivity index (χ0n) is 14.9. The highest BCUT2D eigenvalue weighted by Crippen LogP contribution is 2.34. The van der Waals surface area contributed by atoms with Crippen molar-refractivity contribution in [3.63, 3.8) is 0 Å². The average molecular weight is 412 g/mol. The standard InChI is InChI=1S/C19H19F3N2O3S/c20-19(21,22)28(26,27)17-9-4-3-8-16(17)23-11-5-10-18(25)24-12-14-6-1-2-7-15(14)13-24/h1-4,6-9,23H,5,10-13H2. The number of halogens is 3. The lowest BCUT2D eigenvalue weighted by atomic mass is 10.1. The molecule has 0 unspecified atom stereocenters. The maximum Gasteiger partial charge on any atom is 0.501 e. The van der Waals surface area contributed by atoms with Gasteiger partial charge in [-0.1, -0.05) is 36.4 Å². The Morgan fingerprint density at radius 3 is 2.18 bits per heavy atom. The summed E-state index contributed by atoms with van der Waals surface area (Å²) < 4.78 is 61.8. The lowest BCUT2D eigenvalue weighted by molar-refractivity contribution is -0.131. The van der Waals surface area contributed by atoms with Crippen LogP contribution in [-0.4, -0.2) is 31.3 Å². The fourth-order valence-corrected chi connectivity index (χ4v) is 4.04. The zero-order chi connectivity index (χ0) is 20.4. The first-order chi connectivity index (χ1) is 13.2. The molecular weight excluding hydrogens is 393 g/mol. The number of nitrogens with one attached hydrogen (secondary N) is 1. The summed E-state index contributed by atoms with van der Waals surface area (Å²) in [4.78, 5) is 13.2. The number of carbonyl (C=O) groups excluding carboxylic acids is 1. The van der Waals surface area contributed by atoms with Crippen LogP contribution in [0.3, 0.4) is 0 Å². The molecule has 2 aromatic carbocycles. The summed E-state index contributed by atoms with van der Waals surface area (Å²) in [5.41, 5.74) is -3.27. The molecular formula is C19H19F3N2O3S. The molecule has 0 saturated carbocycles. The molecule has 1 aliphatic rings. The van der Waals surface area contributed by atoms with Crippen molar-refractivity contribution >= 4 is 21.4 Å². The third-order valence-corrected chi connectivity index (χ3v) is 6.10. The van der Waals surface area contributed by atoms with Crippen LogP contribution in [0.15, 0.2) is 53.4 Å². The van der Waals surface area contributed by atoms with E-state index in [0.717, 1.165) is 17.2 Å². The number of anilines is 1. The van der Waals surface area contributed by atoms with Crippen LogP contribution in [0.25, 0.3) is 0 Å². The topological polar surface area (TPSA) is 66.5 Å². The predicted molar refractivity (Wildman–Crippen MR) is 98.1 cm³/mol. The molecule has 0 saturated heterocycles. The highest BCUT2D eigenvalue weighted by molar-refractivity contribution is 7.92. The van der Waals surface area contributed by atoms with Crippen LogP contribution in [0.4, 0.5) is 18.9 Å². The van der Waals surface area contributed by atoms with Crippen molar-refractivity contribution < 1.29 is 26.4 Å². The number of hydrogen-bond acceptors (Lipinski definition) is 4. The summed E-state index contributed by atoms with van der Waals surface area (Å²) in [6.45, 7) is 1.28. The van der Waals surface area contributed by atoms with Gasteiger partial charge in [-0.15, -0.1) is 0 Å². The van der Waals surface area contributed by atoms with Crippen LogP contribution in [0.1, 0.15) is 24.0 Å². The van der Waals surface area contributed by atoms with Crippen LogP contribution < -0.4 is 5.32 Å². The average Bonchev–Trinajstić information content (AvgIpc) is 3.09. The smallest absolute Gasteiger partial charge is 0.384 e. The molecule has 0 atom stereocenters. The Labute approximate surface area is 161 Å². The summed E-state index contributed by atoms with van der Waals surface area (Å²) >= 11 is 0. The second kappa shape index (κ2) is 7.83. The minimum Gasteiger partial charge on any atom is -0.384 e. The Balaban J connectivity index is 1.55. The van der Waals surface area contributed by atoms with Gasteiger partial charge in [-0.2, -0.15) is 13.2 Å². The monoisotopic (exact) mass is 412 g/mol. The Hall–Kier alpha value is -2.55. The van der Waals surface area contributed by atoms with Crippen LogP contribution in [0.2, 0.25) is 0 Å². The Morgan fingerprint density at radius 1 is 1.00 bits per heavy atom. The Morgan fingerprint density at radius 2 is 1.57 bits per heavy atom. The van der Waals surface area contributed by atoms with Crippen LogP contribution >= 0.6 is 0 Å². The van der Waals surface area contributed by atoms with Crippen molar-refractivity contribution in [3.8, 4) is 0 Å². The molecule has 2 aromatic rings. The van der Waals surface area contributed by atoms with Crippen molar-refractivity contribution in [2.45, 2.75) is 36.3 Å². The first kappa shape index (κ1) is 20.2. The molecule has 28 heavy (non-hydrogen) atoms. The zero-order valence-corrected chi connectivity index (χ0v) is 15.7. The van der Waals surface area contributed by atoms with Crippen LogP contribution in [0.5, 0.6) is 0 Å². The molecule has 1 amide bonds. The van der Waals surface area contributed by atoms with E-state index in [-0.39, 0.29) is 24.6 Å². The Kier molecular flexibility index (Phi) is 5.64. The predicted octanol–water partition coefficient (Wildman–Crippen LogP) is 3.71. The van der Waals surface area contributed by atoms with E-state index >= 15 is 0 Å². The van der Waals surface area contributed by atoms with Gasteiger partial charge in [0, 0.05) is 26.1 Å². The number of hydrogen-bond donors (Lipinski definition) is 1. The second-order valence-electron chi connectivity index (χ2n) is 6.49. The van der Waals surface area contributed by atoms with Crippen molar-refractivity contribution in [2.24, 2.45) is 0 Å². The van der Waals surface area contributed by atoms with Gasteiger partial charge in [-0.3, -0.25) is 4.79 Å². The summed E-state index contributed by atoms with van der Waals surface area (Å²) in [6.07, 6.45) is 0.585. The van der Waals surface area contributed by atoms with E-state index in [1.165, 1.54) is 18.2 Å². The maximum atomic E-state index is 12.8. The first-order valence-corrected chi connectivity index (χ1v) is 10.2. The number of benzene rings is 2. The molecule has 1 aliphatic heterocycles. The second-order valence-corrected chi connectivity index (χ2v) is 8.40. The largest absolute Gasteiger partial charge is 0.501 e. The molecule has 5 nitrogen and oxygen atoms in total. The molecule has 0 spiro atoms. The quantitative estimate of drug-likeness (QED) is 0.735. The molecule has 1 N–H and O–H groups in total. The molecule has 3 rings (SSSR count). The molecule has 0 aromatic heterocycles. The number of para-hydroxylation sites is 1. The number of carbonyl (C=O) groups is 1. The maximum absolute atomic E-state index is 12.8. The van der Waals surface area contributed by atoms with E-state index in [0.29, 0.717) is 19.5 Å². The molecule has 150 valence electrons. The highest BCUT2D eigenvalue weighted by Gasteiger charge is 2.47. The minimum absolute atomic E-state index is 0.0470. The van der Waals surface area contributed by atoms with Gasteiger partial charge in [0.2, 0.25) is 5.91 Å². The molecule has 0 radical (unpaired) electrons. The van der Waals surface area contributed by atoms with Crippen LogP contribution in [0, 0.1) is 0 Å². The fraction of sp³-hybridized carbons (Fsp3) is 0.316.